The molecule has 0 aliphatic rings. The number of unbranched alkanes of at least 4 members (excludes halogenated alkanes) is 14. The average Bonchev–Trinajstić information content (AvgIpc) is 2.52. The van der Waals surface area contributed by atoms with Gasteiger partial charge in [0.1, 0.15) is 0 Å². The summed E-state index contributed by atoms with van der Waals surface area (Å²) >= 11 is 0. The second-order valence-corrected chi connectivity index (χ2v) is 6.54. The normalized spacial score (nSPS) is 9.62. The molecule has 0 aliphatic carbocycles. The largest absolute Gasteiger partial charge is 1.00 e. The van der Waals surface area contributed by atoms with E-state index in [2.05, 4.69) is 20.4 Å². The quantitative estimate of drug-likeness (QED) is 0.141. The van der Waals surface area contributed by atoms with Crippen molar-refractivity contribution in [1.82, 2.24) is 0 Å². The minimum Gasteiger partial charge on any atom is -0.478 e. The maximum Gasteiger partial charge on any atom is 1.00 e. The van der Waals surface area contributed by atoms with Crippen molar-refractivity contribution < 1.29 is 29.7 Å². The third-order valence-corrected chi connectivity index (χ3v) is 3.97. The van der Waals surface area contributed by atoms with Crippen molar-refractivity contribution >= 4 is 5.97 Å². The van der Waals surface area contributed by atoms with E-state index < -0.39 is 5.97 Å². The third-order valence-electron chi connectivity index (χ3n) is 3.97. The maximum atomic E-state index is 9.60. The minimum atomic E-state index is -0.935. The standard InChI is InChI=1S/C17H35.C4H6O2.Os/c1-3-5-7-9-11-13-15-17-16-14-12-10-8-6-4-2;1-3(2)4(5)6;/h1,3-17H2,2H3;1H2,2H3,(H,5,6);/q-1;;+1. The van der Waals surface area contributed by atoms with Gasteiger partial charge in [0, 0.05) is 5.57 Å². The Morgan fingerprint density at radius 3 is 1.25 bits per heavy atom. The fraction of sp³-hybridized carbons (Fsp3) is 0.810. The Morgan fingerprint density at radius 2 is 1.04 bits per heavy atom. The second kappa shape index (κ2) is 25.1. The Kier molecular flexibility index (Phi) is 29.9. The molecule has 0 aromatic rings. The molecule has 0 spiro atoms. The maximum absolute atomic E-state index is 9.60. The zero-order valence-electron chi connectivity index (χ0n) is 16.2. The van der Waals surface area contributed by atoms with Crippen LogP contribution in [0.15, 0.2) is 12.2 Å². The third kappa shape index (κ3) is 29.8. The van der Waals surface area contributed by atoms with E-state index >= 15 is 0 Å². The summed E-state index contributed by atoms with van der Waals surface area (Å²) in [5.41, 5.74) is 0.176. The molecule has 0 saturated heterocycles. The van der Waals surface area contributed by atoms with E-state index in [0.717, 1.165) is 6.42 Å². The van der Waals surface area contributed by atoms with E-state index in [1.807, 2.05) is 0 Å². The molecule has 0 unspecified atom stereocenters. The topological polar surface area (TPSA) is 37.3 Å². The first kappa shape index (κ1) is 28.6. The SMILES string of the molecule is C=C(C)C(=O)O.[CH2-]CCCCCCCCCCCCCCCC.[Os+]. The van der Waals surface area contributed by atoms with Crippen molar-refractivity contribution in [1.29, 1.82) is 0 Å². The Bertz CT molecular complexity index is 239. The molecule has 1 N–H and O–H groups in total. The summed E-state index contributed by atoms with van der Waals surface area (Å²) in [7, 11) is 0. The summed E-state index contributed by atoms with van der Waals surface area (Å²) in [6, 6.07) is 0. The van der Waals surface area contributed by atoms with Gasteiger partial charge in [-0.15, -0.1) is 0 Å². The molecule has 0 bridgehead atoms. The number of hydrogen-bond donors (Lipinski definition) is 1. The molecular weight excluding hydrogens is 474 g/mol. The van der Waals surface area contributed by atoms with Gasteiger partial charge in [0.15, 0.2) is 0 Å². The first-order valence-corrected chi connectivity index (χ1v) is 9.74. The van der Waals surface area contributed by atoms with Crippen LogP contribution in [0.5, 0.6) is 0 Å². The van der Waals surface area contributed by atoms with Gasteiger partial charge in [-0.1, -0.05) is 103 Å². The van der Waals surface area contributed by atoms with Crippen LogP contribution in [0.25, 0.3) is 0 Å². The molecule has 0 atom stereocenters. The number of carboxylic acids is 1. The molecule has 145 valence electrons. The van der Waals surface area contributed by atoms with E-state index in [1.54, 1.807) is 0 Å². The van der Waals surface area contributed by atoms with Crippen molar-refractivity contribution in [2.45, 2.75) is 110 Å². The van der Waals surface area contributed by atoms with Gasteiger partial charge in [0.25, 0.3) is 0 Å². The molecule has 1 radical (unpaired) electrons. The van der Waals surface area contributed by atoms with E-state index in [9.17, 15) is 4.79 Å². The van der Waals surface area contributed by atoms with Gasteiger partial charge in [0.05, 0.1) is 0 Å². The van der Waals surface area contributed by atoms with Crippen LogP contribution in [0.2, 0.25) is 0 Å². The van der Waals surface area contributed by atoms with Crippen molar-refractivity contribution in [3.8, 4) is 0 Å². The Morgan fingerprint density at radius 1 is 0.792 bits per heavy atom. The van der Waals surface area contributed by atoms with Crippen molar-refractivity contribution in [2.75, 3.05) is 0 Å². The predicted molar refractivity (Wildman–Crippen MR) is 103 cm³/mol. The fourth-order valence-corrected chi connectivity index (χ4v) is 2.37. The molecule has 3 heteroatoms. The van der Waals surface area contributed by atoms with Crippen molar-refractivity contribution in [3.63, 3.8) is 0 Å². The van der Waals surface area contributed by atoms with Crippen LogP contribution in [0.4, 0.5) is 0 Å². The summed E-state index contributed by atoms with van der Waals surface area (Å²) in [5.74, 6) is -0.935. The molecule has 0 aromatic heterocycles. The van der Waals surface area contributed by atoms with Crippen LogP contribution >= 0.6 is 0 Å². The number of aliphatic carboxylic acids is 1. The van der Waals surface area contributed by atoms with Crippen molar-refractivity contribution in [3.05, 3.63) is 19.1 Å². The van der Waals surface area contributed by atoms with E-state index in [0.29, 0.717) is 0 Å². The Labute approximate surface area is 164 Å². The van der Waals surface area contributed by atoms with Gasteiger partial charge in [0.2, 0.25) is 0 Å². The van der Waals surface area contributed by atoms with Crippen LogP contribution in [0.1, 0.15) is 110 Å². The molecule has 0 aliphatic heterocycles. The average molecular weight is 516 g/mol. The predicted octanol–water partition coefficient (Wildman–Crippen LogP) is 7.34. The van der Waals surface area contributed by atoms with E-state index in [4.69, 9.17) is 5.11 Å². The van der Waals surface area contributed by atoms with E-state index in [1.165, 1.54) is 96.8 Å². The minimum absolute atomic E-state index is 0. The summed E-state index contributed by atoms with van der Waals surface area (Å²) in [6.45, 7) is 10.8. The fourth-order valence-electron chi connectivity index (χ4n) is 2.37. The second-order valence-electron chi connectivity index (χ2n) is 6.54. The Balaban J connectivity index is -0.000000538. The molecule has 0 aromatic carbocycles. The van der Waals surface area contributed by atoms with Gasteiger partial charge < -0.3 is 12.0 Å². The summed E-state index contributed by atoms with van der Waals surface area (Å²) in [6.07, 6.45) is 21.3. The number of rotatable bonds is 15. The molecule has 0 rings (SSSR count). The van der Waals surface area contributed by atoms with Gasteiger partial charge in [-0.2, -0.15) is 6.42 Å². The Hall–Kier alpha value is -0.154. The molecule has 0 fully saturated rings. The molecule has 0 heterocycles. The number of carbonyl (C=O) groups is 1. The monoisotopic (exact) mass is 517 g/mol. The smallest absolute Gasteiger partial charge is 0.478 e. The molecule has 0 saturated carbocycles. The summed E-state index contributed by atoms with van der Waals surface area (Å²) in [5, 5.41) is 7.89. The summed E-state index contributed by atoms with van der Waals surface area (Å²) < 4.78 is 0. The van der Waals surface area contributed by atoms with Crippen LogP contribution in [-0.2, 0) is 24.6 Å². The van der Waals surface area contributed by atoms with Gasteiger partial charge >= 0.3 is 25.8 Å². The summed E-state index contributed by atoms with van der Waals surface area (Å²) in [4.78, 5) is 9.60. The molecular formula is C21H41O2Os. The van der Waals surface area contributed by atoms with Crippen LogP contribution in [0.3, 0.4) is 0 Å². The van der Waals surface area contributed by atoms with E-state index in [-0.39, 0.29) is 25.4 Å². The van der Waals surface area contributed by atoms with Gasteiger partial charge in [-0.3, -0.25) is 0 Å². The first-order valence-electron chi connectivity index (χ1n) is 9.74. The van der Waals surface area contributed by atoms with Crippen LogP contribution in [0, 0.1) is 6.92 Å². The zero-order valence-corrected chi connectivity index (χ0v) is 18.8. The molecule has 2 nitrogen and oxygen atoms in total. The van der Waals surface area contributed by atoms with Crippen molar-refractivity contribution in [2.24, 2.45) is 0 Å². The zero-order chi connectivity index (χ0) is 17.8. The van der Waals surface area contributed by atoms with Crippen LogP contribution < -0.4 is 0 Å². The number of hydrogen-bond acceptors (Lipinski definition) is 1. The first-order chi connectivity index (χ1) is 11.1. The van der Waals surface area contributed by atoms with Crippen LogP contribution in [-0.4, -0.2) is 11.1 Å². The van der Waals surface area contributed by atoms with Gasteiger partial charge in [-0.25, -0.2) is 4.79 Å². The molecule has 0 amide bonds. The number of carboxylic acid groups (broad SMARTS) is 1. The molecule has 24 heavy (non-hydrogen) atoms. The van der Waals surface area contributed by atoms with Gasteiger partial charge in [-0.05, 0) is 6.92 Å².